The van der Waals surface area contributed by atoms with Gasteiger partial charge in [0.25, 0.3) is 5.91 Å². The maximum absolute atomic E-state index is 12.2. The van der Waals surface area contributed by atoms with Crippen LogP contribution in [0.1, 0.15) is 28.4 Å². The van der Waals surface area contributed by atoms with E-state index in [0.717, 1.165) is 11.1 Å². The lowest BCUT2D eigenvalue weighted by Gasteiger charge is -2.14. The minimum atomic E-state index is -0.448. The zero-order valence-electron chi connectivity index (χ0n) is 16.1. The molecule has 0 saturated heterocycles. The Morgan fingerprint density at radius 3 is 2.73 bits per heavy atom. The quantitative estimate of drug-likeness (QED) is 0.267. The summed E-state index contributed by atoms with van der Waals surface area (Å²) in [7, 11) is 0. The zero-order chi connectivity index (χ0) is 21.3. The van der Waals surface area contributed by atoms with Crippen LogP contribution in [0.15, 0.2) is 70.4 Å². The van der Waals surface area contributed by atoms with E-state index in [1.54, 1.807) is 18.2 Å². The number of aromatic nitrogens is 1. The third kappa shape index (κ3) is 5.81. The van der Waals surface area contributed by atoms with E-state index in [0.29, 0.717) is 29.2 Å². The van der Waals surface area contributed by atoms with Crippen molar-refractivity contribution in [2.24, 2.45) is 5.10 Å². The fourth-order valence-electron chi connectivity index (χ4n) is 2.58. The second-order valence-electron chi connectivity index (χ2n) is 6.08. The number of nitrogens with one attached hydrogen (secondary N) is 1. The van der Waals surface area contributed by atoms with Crippen LogP contribution in [0.3, 0.4) is 0 Å². The first-order valence-electron chi connectivity index (χ1n) is 9.15. The van der Waals surface area contributed by atoms with Crippen molar-refractivity contribution in [2.45, 2.75) is 13.5 Å². The first kappa shape index (κ1) is 21.8. The summed E-state index contributed by atoms with van der Waals surface area (Å²) in [6.45, 7) is 2.79. The van der Waals surface area contributed by atoms with Gasteiger partial charge in [0.1, 0.15) is 11.8 Å². The van der Waals surface area contributed by atoms with Crippen LogP contribution in [-0.2, 0) is 6.61 Å². The van der Waals surface area contributed by atoms with Crippen molar-refractivity contribution in [3.63, 3.8) is 0 Å². The second-order valence-corrected chi connectivity index (χ2v) is 7.29. The Balaban J connectivity index is 1.73. The van der Waals surface area contributed by atoms with Crippen molar-refractivity contribution in [2.75, 3.05) is 6.61 Å². The topological polar surface area (TPSA) is 72.8 Å². The van der Waals surface area contributed by atoms with Gasteiger partial charge in [-0.2, -0.15) is 5.10 Å². The van der Waals surface area contributed by atoms with Gasteiger partial charge < -0.3 is 9.47 Å². The molecule has 0 atom stereocenters. The van der Waals surface area contributed by atoms with Crippen LogP contribution in [0, 0.1) is 0 Å². The van der Waals surface area contributed by atoms with E-state index in [1.807, 2.05) is 43.3 Å². The fourth-order valence-corrected chi connectivity index (χ4v) is 3.36. The molecule has 1 heterocycles. The molecule has 0 bridgehead atoms. The van der Waals surface area contributed by atoms with E-state index in [1.165, 1.54) is 12.4 Å². The van der Waals surface area contributed by atoms with Gasteiger partial charge in [0, 0.05) is 6.20 Å². The molecular weight excluding hydrogens is 470 g/mol. The molecule has 0 spiro atoms. The Kier molecular flexibility index (Phi) is 7.82. The van der Waals surface area contributed by atoms with Crippen molar-refractivity contribution in [3.05, 3.63) is 87.1 Å². The molecule has 1 N–H and O–H groups in total. The van der Waals surface area contributed by atoms with E-state index >= 15 is 0 Å². The minimum absolute atomic E-state index is 0.117. The Bertz CT molecular complexity index is 1050. The normalized spacial score (nSPS) is 10.8. The van der Waals surface area contributed by atoms with Crippen molar-refractivity contribution >= 4 is 39.7 Å². The summed E-state index contributed by atoms with van der Waals surface area (Å²) in [5.74, 6) is 0.728. The lowest BCUT2D eigenvalue weighted by atomic mass is 10.2. The fraction of sp³-hybridized carbons (Fsp3) is 0.136. The maximum atomic E-state index is 12.2. The molecule has 0 saturated carbocycles. The number of pyridine rings is 1. The maximum Gasteiger partial charge on any atom is 0.274 e. The van der Waals surface area contributed by atoms with E-state index in [4.69, 9.17) is 21.1 Å². The summed E-state index contributed by atoms with van der Waals surface area (Å²) in [5, 5.41) is 4.11. The van der Waals surface area contributed by atoms with Crippen LogP contribution in [0.4, 0.5) is 0 Å². The second kappa shape index (κ2) is 10.8. The summed E-state index contributed by atoms with van der Waals surface area (Å²) >= 11 is 9.45. The summed E-state index contributed by atoms with van der Waals surface area (Å²) in [6, 6.07) is 16.7. The van der Waals surface area contributed by atoms with Crippen LogP contribution in [-0.4, -0.2) is 23.7 Å². The number of carbonyl (C=O) groups excluding carboxylic acids is 1. The number of rotatable bonds is 8. The van der Waals surface area contributed by atoms with Gasteiger partial charge in [0.05, 0.1) is 22.9 Å². The largest absolute Gasteiger partial charge is 0.490 e. The van der Waals surface area contributed by atoms with E-state index < -0.39 is 5.91 Å². The van der Waals surface area contributed by atoms with Crippen LogP contribution in [0.5, 0.6) is 11.5 Å². The third-order valence-electron chi connectivity index (χ3n) is 3.94. The molecular formula is C22H19BrClN3O3. The number of amides is 1. The number of nitrogens with zero attached hydrogens (tertiary/aromatic N) is 2. The third-order valence-corrected chi connectivity index (χ3v) is 4.83. The van der Waals surface area contributed by atoms with E-state index in [2.05, 4.69) is 31.4 Å². The number of carbonyl (C=O) groups is 1. The average molecular weight is 489 g/mol. The Morgan fingerprint density at radius 1 is 1.20 bits per heavy atom. The van der Waals surface area contributed by atoms with Crippen molar-refractivity contribution < 1.29 is 14.3 Å². The van der Waals surface area contributed by atoms with Gasteiger partial charge in [-0.15, -0.1) is 0 Å². The van der Waals surface area contributed by atoms with Gasteiger partial charge in [0.2, 0.25) is 0 Å². The van der Waals surface area contributed by atoms with Gasteiger partial charge in [0.15, 0.2) is 11.5 Å². The lowest BCUT2D eigenvalue weighted by Crippen LogP contribution is -2.18. The van der Waals surface area contributed by atoms with Crippen molar-refractivity contribution in [1.82, 2.24) is 10.4 Å². The van der Waals surface area contributed by atoms with E-state index in [9.17, 15) is 4.79 Å². The highest BCUT2D eigenvalue weighted by atomic mass is 79.9. The van der Waals surface area contributed by atoms with Crippen LogP contribution < -0.4 is 14.9 Å². The molecule has 1 aromatic heterocycles. The number of benzene rings is 2. The summed E-state index contributed by atoms with van der Waals surface area (Å²) in [4.78, 5) is 16.0. The standard InChI is InChI=1S/C22H19BrClN3O3/c1-2-29-19-12-16(13-26-27-22(28)17-9-6-10-25-21(17)24)11-18(23)20(19)30-14-15-7-4-3-5-8-15/h3-13H,2,14H2,1H3,(H,27,28). The number of hydrogen-bond donors (Lipinski definition) is 1. The molecule has 8 heteroatoms. The van der Waals surface area contributed by atoms with Gasteiger partial charge in [-0.25, -0.2) is 10.4 Å². The average Bonchev–Trinajstić information content (AvgIpc) is 2.74. The molecule has 3 aromatic rings. The van der Waals surface area contributed by atoms with Crippen LogP contribution >= 0.6 is 27.5 Å². The van der Waals surface area contributed by atoms with Gasteiger partial charge in [-0.05, 0) is 58.2 Å². The smallest absolute Gasteiger partial charge is 0.274 e. The van der Waals surface area contributed by atoms with Gasteiger partial charge in [-0.3, -0.25) is 4.79 Å². The molecule has 3 rings (SSSR count). The molecule has 30 heavy (non-hydrogen) atoms. The molecule has 0 aliphatic heterocycles. The lowest BCUT2D eigenvalue weighted by molar-refractivity contribution is 0.0955. The number of ether oxygens (including phenoxy) is 2. The summed E-state index contributed by atoms with van der Waals surface area (Å²) < 4.78 is 12.4. The molecule has 0 radical (unpaired) electrons. The predicted molar refractivity (Wildman–Crippen MR) is 120 cm³/mol. The molecule has 1 amide bonds. The highest BCUT2D eigenvalue weighted by Gasteiger charge is 2.13. The Labute approximate surface area is 188 Å². The Hall–Kier alpha value is -2.90. The minimum Gasteiger partial charge on any atom is -0.490 e. The predicted octanol–water partition coefficient (Wildman–Crippen LogP) is 5.24. The molecule has 0 fully saturated rings. The highest BCUT2D eigenvalue weighted by molar-refractivity contribution is 9.10. The molecule has 0 aliphatic carbocycles. The number of hydrogen-bond acceptors (Lipinski definition) is 5. The molecule has 154 valence electrons. The molecule has 0 aliphatic rings. The Morgan fingerprint density at radius 2 is 2.00 bits per heavy atom. The molecule has 2 aromatic carbocycles. The number of halogens is 2. The monoisotopic (exact) mass is 487 g/mol. The molecule has 0 unspecified atom stereocenters. The zero-order valence-corrected chi connectivity index (χ0v) is 18.5. The van der Waals surface area contributed by atoms with Crippen molar-refractivity contribution in [1.29, 1.82) is 0 Å². The van der Waals surface area contributed by atoms with E-state index in [-0.39, 0.29) is 10.7 Å². The van der Waals surface area contributed by atoms with Crippen LogP contribution in [0.25, 0.3) is 0 Å². The van der Waals surface area contributed by atoms with Crippen molar-refractivity contribution in [3.8, 4) is 11.5 Å². The number of hydrazone groups is 1. The van der Waals surface area contributed by atoms with Crippen LogP contribution in [0.2, 0.25) is 5.15 Å². The van der Waals surface area contributed by atoms with Gasteiger partial charge >= 0.3 is 0 Å². The summed E-state index contributed by atoms with van der Waals surface area (Å²) in [6.07, 6.45) is 3.02. The van der Waals surface area contributed by atoms with Gasteiger partial charge in [-0.1, -0.05) is 41.9 Å². The highest BCUT2D eigenvalue weighted by Crippen LogP contribution is 2.37. The molecule has 6 nitrogen and oxygen atoms in total. The first-order valence-corrected chi connectivity index (χ1v) is 10.3. The summed E-state index contributed by atoms with van der Waals surface area (Å²) in [5.41, 5.74) is 4.45. The first-order chi connectivity index (χ1) is 14.6. The SMILES string of the molecule is CCOc1cc(C=NNC(=O)c2cccnc2Cl)cc(Br)c1OCc1ccccc1.